The van der Waals surface area contributed by atoms with Crippen molar-refractivity contribution in [2.24, 2.45) is 4.99 Å². The number of imidazole rings is 1. The first kappa shape index (κ1) is 20.6. The van der Waals surface area contributed by atoms with E-state index in [1.54, 1.807) is 18.3 Å². The summed E-state index contributed by atoms with van der Waals surface area (Å²) in [6.45, 7) is 5.60. The number of guanidine groups is 1. The number of hydrogen-bond donors (Lipinski definition) is 2. The molecule has 1 saturated heterocycles. The molecule has 2 aromatic rings. The number of hydrogen-bond acceptors (Lipinski definition) is 4. The highest BCUT2D eigenvalue weighted by atomic mass is 32.2. The highest BCUT2D eigenvalue weighted by Crippen LogP contribution is 2.14. The Kier molecular flexibility index (Phi) is 6.56. The number of aliphatic imine (C=N–C) groups is 1. The lowest BCUT2D eigenvalue weighted by Gasteiger charge is -2.32. The smallest absolute Gasteiger partial charge is 0.213 e. The summed E-state index contributed by atoms with van der Waals surface area (Å²) in [4.78, 5) is 8.98. The molecule has 8 nitrogen and oxygen atoms in total. The predicted molar refractivity (Wildman–Crippen MR) is 112 cm³/mol. The second-order valence-electron chi connectivity index (χ2n) is 7.12. The summed E-state index contributed by atoms with van der Waals surface area (Å²) in [7, 11) is -1.34. The van der Waals surface area contributed by atoms with E-state index in [0.29, 0.717) is 13.1 Å². The lowest BCUT2D eigenvalue weighted by atomic mass is 10.1. The van der Waals surface area contributed by atoms with Crippen molar-refractivity contribution in [3.8, 4) is 0 Å². The molecule has 2 aromatic heterocycles. The Hall–Kier alpha value is -2.13. The Morgan fingerprint density at radius 2 is 2.11 bits per heavy atom. The van der Waals surface area contributed by atoms with E-state index in [1.165, 1.54) is 0 Å². The van der Waals surface area contributed by atoms with Crippen LogP contribution < -0.4 is 10.6 Å². The molecule has 154 valence electrons. The minimum Gasteiger partial charge on any atom is -0.356 e. The Morgan fingerprint density at radius 3 is 2.75 bits per heavy atom. The number of aromatic nitrogens is 2. The number of piperidine rings is 1. The third-order valence-corrected chi connectivity index (χ3v) is 7.06. The molecule has 0 unspecified atom stereocenters. The normalized spacial score (nSPS) is 17.2. The average molecular weight is 407 g/mol. The lowest BCUT2D eigenvalue weighted by molar-refractivity contribution is 0.306. The molecule has 0 amide bonds. The summed E-state index contributed by atoms with van der Waals surface area (Å²) in [6.07, 6.45) is 6.44. The van der Waals surface area contributed by atoms with Crippen molar-refractivity contribution in [2.75, 3.05) is 32.4 Å². The summed E-state index contributed by atoms with van der Waals surface area (Å²) in [5.74, 6) is 0.911. The van der Waals surface area contributed by atoms with Gasteiger partial charge in [-0.05, 0) is 38.3 Å². The number of rotatable bonds is 6. The molecule has 0 aromatic carbocycles. The van der Waals surface area contributed by atoms with Gasteiger partial charge in [0.05, 0.1) is 11.4 Å². The Morgan fingerprint density at radius 1 is 1.36 bits per heavy atom. The molecular formula is C19H30N6O2S. The minimum atomic E-state index is -3.09. The van der Waals surface area contributed by atoms with E-state index >= 15 is 0 Å². The molecule has 1 fully saturated rings. The number of nitrogens with one attached hydrogen (secondary N) is 2. The van der Waals surface area contributed by atoms with E-state index in [2.05, 4.69) is 39.2 Å². The van der Waals surface area contributed by atoms with Crippen LogP contribution in [0.5, 0.6) is 0 Å². The number of aryl methyl sites for hydroxylation is 1. The maximum Gasteiger partial charge on any atom is 0.213 e. The zero-order chi connectivity index (χ0) is 20.1. The van der Waals surface area contributed by atoms with Crippen LogP contribution in [0.1, 0.15) is 31.0 Å². The molecule has 3 rings (SSSR count). The first-order valence-electron chi connectivity index (χ1n) is 9.81. The van der Waals surface area contributed by atoms with Crippen molar-refractivity contribution in [2.45, 2.75) is 39.2 Å². The summed E-state index contributed by atoms with van der Waals surface area (Å²) >= 11 is 0. The van der Waals surface area contributed by atoms with Crippen LogP contribution in [-0.2, 0) is 16.4 Å². The zero-order valence-electron chi connectivity index (χ0n) is 16.9. The largest absolute Gasteiger partial charge is 0.356 e. The predicted octanol–water partition coefficient (Wildman–Crippen LogP) is 1.16. The van der Waals surface area contributed by atoms with Crippen LogP contribution >= 0.6 is 0 Å². The maximum atomic E-state index is 12.0. The van der Waals surface area contributed by atoms with E-state index in [9.17, 15) is 8.42 Å². The molecule has 0 aliphatic carbocycles. The van der Waals surface area contributed by atoms with Gasteiger partial charge in [-0.2, -0.15) is 0 Å². The van der Waals surface area contributed by atoms with Gasteiger partial charge in [-0.15, -0.1) is 0 Å². The van der Waals surface area contributed by atoms with Crippen molar-refractivity contribution in [3.05, 3.63) is 35.8 Å². The molecule has 2 N–H and O–H groups in total. The summed E-state index contributed by atoms with van der Waals surface area (Å²) in [6, 6.07) is 4.31. The second-order valence-corrected chi connectivity index (χ2v) is 9.38. The van der Waals surface area contributed by atoms with Crippen molar-refractivity contribution in [3.63, 3.8) is 0 Å². The summed E-state index contributed by atoms with van der Waals surface area (Å²) in [5, 5.41) is 6.74. The SMILES string of the molecule is CCS(=O)(=O)N1CCC(NC(=NC)NCCc2cn3cccc(C)c3n2)CC1. The molecule has 0 atom stereocenters. The molecule has 0 radical (unpaired) electrons. The highest BCUT2D eigenvalue weighted by molar-refractivity contribution is 7.89. The van der Waals surface area contributed by atoms with E-state index < -0.39 is 10.0 Å². The average Bonchev–Trinajstić information content (AvgIpc) is 3.12. The Bertz CT molecular complexity index is 929. The van der Waals surface area contributed by atoms with Crippen LogP contribution in [0.15, 0.2) is 29.5 Å². The lowest BCUT2D eigenvalue weighted by Crippen LogP contribution is -2.50. The topological polar surface area (TPSA) is 91.1 Å². The fourth-order valence-corrected chi connectivity index (χ4v) is 4.61. The van der Waals surface area contributed by atoms with Gasteiger partial charge in [0.25, 0.3) is 0 Å². The number of sulfonamides is 1. The van der Waals surface area contributed by atoms with Crippen molar-refractivity contribution in [1.82, 2.24) is 24.3 Å². The molecule has 3 heterocycles. The van der Waals surface area contributed by atoms with Crippen LogP contribution in [0.2, 0.25) is 0 Å². The van der Waals surface area contributed by atoms with Crippen molar-refractivity contribution < 1.29 is 8.42 Å². The monoisotopic (exact) mass is 406 g/mol. The van der Waals surface area contributed by atoms with Crippen molar-refractivity contribution >= 4 is 21.6 Å². The molecular weight excluding hydrogens is 376 g/mol. The molecule has 0 saturated carbocycles. The molecule has 1 aliphatic heterocycles. The number of fused-ring (bicyclic) bond motifs is 1. The van der Waals surface area contributed by atoms with Crippen LogP contribution in [-0.4, -0.2) is 66.5 Å². The van der Waals surface area contributed by atoms with Crippen LogP contribution in [0.25, 0.3) is 5.65 Å². The quantitative estimate of drug-likeness (QED) is 0.555. The fourth-order valence-electron chi connectivity index (χ4n) is 3.48. The van der Waals surface area contributed by atoms with E-state index in [4.69, 9.17) is 4.98 Å². The Balaban J connectivity index is 1.47. The van der Waals surface area contributed by atoms with Gasteiger partial charge in [-0.1, -0.05) is 6.07 Å². The molecule has 28 heavy (non-hydrogen) atoms. The first-order chi connectivity index (χ1) is 13.4. The summed E-state index contributed by atoms with van der Waals surface area (Å²) in [5.41, 5.74) is 3.19. The third-order valence-electron chi connectivity index (χ3n) is 5.18. The van der Waals surface area contributed by atoms with Crippen LogP contribution in [0.4, 0.5) is 0 Å². The second kappa shape index (κ2) is 8.91. The van der Waals surface area contributed by atoms with Crippen LogP contribution in [0.3, 0.4) is 0 Å². The number of nitrogens with zero attached hydrogens (tertiary/aromatic N) is 4. The fraction of sp³-hybridized carbons (Fsp3) is 0.579. The van der Waals surface area contributed by atoms with Crippen LogP contribution in [0, 0.1) is 6.92 Å². The Labute approximate surface area is 167 Å². The molecule has 0 spiro atoms. The van der Waals surface area contributed by atoms with Gasteiger partial charge in [-0.25, -0.2) is 17.7 Å². The van der Waals surface area contributed by atoms with E-state index in [-0.39, 0.29) is 11.8 Å². The highest BCUT2D eigenvalue weighted by Gasteiger charge is 2.26. The van der Waals surface area contributed by atoms with Gasteiger partial charge in [0.1, 0.15) is 5.65 Å². The van der Waals surface area contributed by atoms with Gasteiger partial charge in [0.15, 0.2) is 5.96 Å². The molecule has 1 aliphatic rings. The van der Waals surface area contributed by atoms with E-state index in [1.807, 2.05) is 12.3 Å². The van der Waals surface area contributed by atoms with Gasteiger partial charge in [0.2, 0.25) is 10.0 Å². The van der Waals surface area contributed by atoms with E-state index in [0.717, 1.165) is 48.7 Å². The third kappa shape index (κ3) is 4.82. The number of pyridine rings is 1. The standard InChI is InChI=1S/C19H30N6O2S/c1-4-28(26,27)25-12-8-16(9-13-25)23-19(20-3)21-10-7-17-14-24-11-5-6-15(2)18(24)22-17/h5-6,11,14,16H,4,7-10,12-13H2,1-3H3,(H2,20,21,23). The molecule has 0 bridgehead atoms. The zero-order valence-corrected chi connectivity index (χ0v) is 17.7. The minimum absolute atomic E-state index is 0.164. The van der Waals surface area contributed by atoms with Gasteiger partial charge < -0.3 is 15.0 Å². The van der Waals surface area contributed by atoms with Gasteiger partial charge >= 0.3 is 0 Å². The molecule has 9 heteroatoms. The van der Waals surface area contributed by atoms with Crippen molar-refractivity contribution in [1.29, 1.82) is 0 Å². The summed E-state index contributed by atoms with van der Waals surface area (Å²) < 4.78 is 27.6. The van der Waals surface area contributed by atoms with Gasteiger partial charge in [-0.3, -0.25) is 4.99 Å². The maximum absolute atomic E-state index is 12.0. The first-order valence-corrected chi connectivity index (χ1v) is 11.4. The van der Waals surface area contributed by atoms with Gasteiger partial charge in [0, 0.05) is 51.5 Å².